The number of nitrogens with two attached hydrogens (primary N) is 1. The number of fused-ring (bicyclic) bond motifs is 1. The van der Waals surface area contributed by atoms with Gasteiger partial charge in [0.25, 0.3) is 0 Å². The minimum absolute atomic E-state index is 0.119. The zero-order valence-corrected chi connectivity index (χ0v) is 9.52. The van der Waals surface area contributed by atoms with Crippen molar-refractivity contribution in [1.29, 1.82) is 0 Å². The minimum Gasteiger partial charge on any atom is -0.453 e. The lowest BCUT2D eigenvalue weighted by Crippen LogP contribution is -2.28. The van der Waals surface area contributed by atoms with E-state index in [2.05, 4.69) is 9.97 Å². The molecule has 1 atom stereocenters. The fourth-order valence-electron chi connectivity index (χ4n) is 1.94. The lowest BCUT2D eigenvalue weighted by molar-refractivity contribution is 0.111. The average Bonchev–Trinajstić information content (AvgIpc) is 2.56. The quantitative estimate of drug-likeness (QED) is 0.708. The Bertz CT molecular complexity index is 447. The molecular formula is C10H14N4O2. The van der Waals surface area contributed by atoms with E-state index in [4.69, 9.17) is 10.5 Å². The van der Waals surface area contributed by atoms with Crippen LogP contribution in [0.15, 0.2) is 0 Å². The Labute approximate surface area is 93.4 Å². The highest BCUT2D eigenvalue weighted by atomic mass is 16.5. The second kappa shape index (κ2) is 3.62. The van der Waals surface area contributed by atoms with Crippen LogP contribution in [0.3, 0.4) is 0 Å². The number of aromatic nitrogens is 2. The predicted octanol–water partition coefficient (Wildman–Crippen LogP) is 1.01. The third kappa shape index (κ3) is 1.46. The van der Waals surface area contributed by atoms with Gasteiger partial charge in [-0.3, -0.25) is 4.90 Å². The van der Waals surface area contributed by atoms with Gasteiger partial charge in [-0.1, -0.05) is 0 Å². The number of carbonyl (C=O) groups excluding carboxylic acids is 1. The molecule has 1 aliphatic rings. The number of anilines is 1. The van der Waals surface area contributed by atoms with E-state index in [0.29, 0.717) is 18.2 Å². The van der Waals surface area contributed by atoms with Gasteiger partial charge in [-0.2, -0.15) is 0 Å². The molecule has 0 saturated heterocycles. The Morgan fingerprint density at radius 3 is 2.88 bits per heavy atom. The number of rotatable bonds is 0. The van der Waals surface area contributed by atoms with Gasteiger partial charge in [0.15, 0.2) is 0 Å². The predicted molar refractivity (Wildman–Crippen MR) is 57.5 cm³/mol. The molecule has 2 heterocycles. The fourth-order valence-corrected chi connectivity index (χ4v) is 1.94. The molecule has 6 heteroatoms. The van der Waals surface area contributed by atoms with Gasteiger partial charge >= 0.3 is 6.09 Å². The molecule has 1 aromatic rings. The minimum atomic E-state index is -0.373. The summed E-state index contributed by atoms with van der Waals surface area (Å²) in [4.78, 5) is 21.5. The van der Waals surface area contributed by atoms with Crippen LogP contribution >= 0.6 is 0 Å². The molecule has 0 saturated carbocycles. The van der Waals surface area contributed by atoms with Crippen LogP contribution in [0.5, 0.6) is 0 Å². The maximum atomic E-state index is 11.5. The molecule has 0 bridgehead atoms. The molecular weight excluding hydrogens is 208 g/mol. The summed E-state index contributed by atoms with van der Waals surface area (Å²) in [6, 6.07) is -0.119. The van der Waals surface area contributed by atoms with Crippen LogP contribution in [0.25, 0.3) is 0 Å². The van der Waals surface area contributed by atoms with Crippen molar-refractivity contribution in [3.8, 4) is 0 Å². The second-order valence-electron chi connectivity index (χ2n) is 3.79. The molecule has 0 radical (unpaired) electrons. The third-order valence-corrected chi connectivity index (χ3v) is 2.78. The highest BCUT2D eigenvalue weighted by molar-refractivity contribution is 5.70. The molecule has 16 heavy (non-hydrogen) atoms. The number of ether oxygens (including phenoxy) is 1. The Morgan fingerprint density at radius 2 is 2.25 bits per heavy atom. The van der Waals surface area contributed by atoms with E-state index in [0.717, 1.165) is 11.3 Å². The van der Waals surface area contributed by atoms with Gasteiger partial charge in [0, 0.05) is 5.56 Å². The lowest BCUT2D eigenvalue weighted by atomic mass is 10.2. The Hall–Kier alpha value is -1.85. The van der Waals surface area contributed by atoms with Gasteiger partial charge in [-0.05, 0) is 13.8 Å². The first-order chi connectivity index (χ1) is 7.54. The second-order valence-corrected chi connectivity index (χ2v) is 3.79. The summed E-state index contributed by atoms with van der Waals surface area (Å²) in [5.41, 5.74) is 7.45. The van der Waals surface area contributed by atoms with Gasteiger partial charge in [0.05, 0.1) is 25.4 Å². The van der Waals surface area contributed by atoms with Crippen LogP contribution in [0.4, 0.5) is 10.6 Å². The van der Waals surface area contributed by atoms with E-state index in [1.165, 1.54) is 7.11 Å². The van der Waals surface area contributed by atoms with E-state index in [9.17, 15) is 4.79 Å². The smallest absolute Gasteiger partial charge is 0.410 e. The maximum Gasteiger partial charge on any atom is 0.410 e. The Kier molecular flexibility index (Phi) is 2.41. The van der Waals surface area contributed by atoms with Crippen LogP contribution in [0.2, 0.25) is 0 Å². The van der Waals surface area contributed by atoms with Gasteiger partial charge < -0.3 is 10.5 Å². The Morgan fingerprint density at radius 1 is 1.56 bits per heavy atom. The molecule has 0 fully saturated rings. The summed E-state index contributed by atoms with van der Waals surface area (Å²) >= 11 is 0. The number of hydrogen-bond acceptors (Lipinski definition) is 5. The van der Waals surface area contributed by atoms with Gasteiger partial charge in [-0.25, -0.2) is 14.8 Å². The van der Waals surface area contributed by atoms with E-state index in [-0.39, 0.29) is 12.1 Å². The molecule has 2 rings (SSSR count). The normalized spacial score (nSPS) is 18.4. The van der Waals surface area contributed by atoms with E-state index < -0.39 is 0 Å². The zero-order chi connectivity index (χ0) is 11.9. The first-order valence-corrected chi connectivity index (χ1v) is 5.02. The summed E-state index contributed by atoms with van der Waals surface area (Å²) in [6.07, 6.45) is -0.373. The molecule has 1 amide bonds. The summed E-state index contributed by atoms with van der Waals surface area (Å²) in [5.74, 6) is 1.07. The number of hydrogen-bond donors (Lipinski definition) is 1. The SMILES string of the molecule is COC(=O)N1Cc2c(N)nc(C)nc2C1C. The van der Waals surface area contributed by atoms with Crippen LogP contribution in [0.1, 0.15) is 30.0 Å². The van der Waals surface area contributed by atoms with Crippen LogP contribution < -0.4 is 5.73 Å². The van der Waals surface area contributed by atoms with Crippen molar-refractivity contribution in [2.24, 2.45) is 0 Å². The number of aryl methyl sites for hydroxylation is 1. The van der Waals surface area contributed by atoms with Crippen LogP contribution in [-0.2, 0) is 11.3 Å². The first kappa shape index (κ1) is 10.7. The van der Waals surface area contributed by atoms with Gasteiger partial charge in [0.1, 0.15) is 11.6 Å². The number of carbonyl (C=O) groups is 1. The lowest BCUT2D eigenvalue weighted by Gasteiger charge is -2.19. The van der Waals surface area contributed by atoms with Crippen molar-refractivity contribution >= 4 is 11.9 Å². The Balaban J connectivity index is 2.42. The number of nitrogen functional groups attached to an aromatic ring is 1. The highest BCUT2D eigenvalue weighted by Crippen LogP contribution is 2.34. The van der Waals surface area contributed by atoms with Gasteiger partial charge in [-0.15, -0.1) is 0 Å². The highest BCUT2D eigenvalue weighted by Gasteiger charge is 2.34. The maximum absolute atomic E-state index is 11.5. The largest absolute Gasteiger partial charge is 0.453 e. The molecule has 2 N–H and O–H groups in total. The molecule has 1 aromatic heterocycles. The van der Waals surface area contributed by atoms with E-state index in [1.54, 1.807) is 11.8 Å². The van der Waals surface area contributed by atoms with Gasteiger partial charge in [0.2, 0.25) is 0 Å². The molecule has 0 aromatic carbocycles. The monoisotopic (exact) mass is 222 g/mol. The standard InChI is InChI=1S/C10H14N4O2/c1-5-8-7(4-14(5)10(15)16-3)9(11)13-6(2)12-8/h5H,4H2,1-3H3,(H2,11,12,13). The third-order valence-electron chi connectivity index (χ3n) is 2.78. The first-order valence-electron chi connectivity index (χ1n) is 5.02. The fraction of sp³-hybridized carbons (Fsp3) is 0.500. The molecule has 1 aliphatic heterocycles. The van der Waals surface area contributed by atoms with Crippen molar-refractivity contribution in [1.82, 2.24) is 14.9 Å². The summed E-state index contributed by atoms with van der Waals surface area (Å²) < 4.78 is 4.70. The number of methoxy groups -OCH3 is 1. The summed E-state index contributed by atoms with van der Waals surface area (Å²) in [6.45, 7) is 4.09. The summed E-state index contributed by atoms with van der Waals surface area (Å²) in [7, 11) is 1.36. The molecule has 1 unspecified atom stereocenters. The average molecular weight is 222 g/mol. The van der Waals surface area contributed by atoms with Crippen LogP contribution in [0, 0.1) is 6.92 Å². The van der Waals surface area contributed by atoms with Crippen molar-refractivity contribution in [3.63, 3.8) is 0 Å². The topological polar surface area (TPSA) is 81.3 Å². The summed E-state index contributed by atoms with van der Waals surface area (Å²) in [5, 5.41) is 0. The van der Waals surface area contributed by atoms with Crippen molar-refractivity contribution in [2.45, 2.75) is 26.4 Å². The molecule has 6 nitrogen and oxygen atoms in total. The van der Waals surface area contributed by atoms with E-state index >= 15 is 0 Å². The number of amides is 1. The zero-order valence-electron chi connectivity index (χ0n) is 9.52. The van der Waals surface area contributed by atoms with E-state index in [1.807, 2.05) is 6.92 Å². The number of nitrogens with zero attached hydrogens (tertiary/aromatic N) is 3. The van der Waals surface area contributed by atoms with Crippen LogP contribution in [-0.4, -0.2) is 28.1 Å². The van der Waals surface area contributed by atoms with Crippen molar-refractivity contribution in [2.75, 3.05) is 12.8 Å². The molecule has 0 aliphatic carbocycles. The molecule has 86 valence electrons. The van der Waals surface area contributed by atoms with Crippen molar-refractivity contribution < 1.29 is 9.53 Å². The molecule has 0 spiro atoms. The van der Waals surface area contributed by atoms with Crippen molar-refractivity contribution in [3.05, 3.63) is 17.1 Å².